The molecule has 0 radical (unpaired) electrons. The number of nitrogens with one attached hydrogen (secondary N) is 1. The average Bonchev–Trinajstić information content (AvgIpc) is 3.22. The van der Waals surface area contributed by atoms with Crippen molar-refractivity contribution in [2.45, 2.75) is 45.6 Å². The smallest absolute Gasteiger partial charge is 0.308 e. The Hall–Kier alpha value is -3.46. The highest BCUT2D eigenvalue weighted by Gasteiger charge is 2.25. The van der Waals surface area contributed by atoms with E-state index in [1.54, 1.807) is 27.7 Å². The molecule has 33 heavy (non-hydrogen) atoms. The Morgan fingerprint density at radius 3 is 2.73 bits per heavy atom. The van der Waals surface area contributed by atoms with Gasteiger partial charge in [-0.1, -0.05) is 19.4 Å². The molecule has 0 atom stereocenters. The predicted molar refractivity (Wildman–Crippen MR) is 126 cm³/mol. The van der Waals surface area contributed by atoms with Gasteiger partial charge in [0.15, 0.2) is 5.65 Å². The van der Waals surface area contributed by atoms with Crippen LogP contribution in [0.25, 0.3) is 16.9 Å². The number of ether oxygens (including phenoxy) is 1. The van der Waals surface area contributed by atoms with Crippen LogP contribution in [-0.2, 0) is 4.79 Å². The van der Waals surface area contributed by atoms with E-state index < -0.39 is 5.97 Å². The Morgan fingerprint density at radius 2 is 2.00 bits per heavy atom. The van der Waals surface area contributed by atoms with Crippen molar-refractivity contribution < 1.29 is 14.3 Å². The van der Waals surface area contributed by atoms with Crippen LogP contribution in [0.4, 0.5) is 5.82 Å². The van der Waals surface area contributed by atoms with Crippen molar-refractivity contribution in [1.29, 1.82) is 0 Å². The molecular formula is C24H30N6O3. The third kappa shape index (κ3) is 5.14. The minimum atomic E-state index is -0.486. The van der Waals surface area contributed by atoms with Gasteiger partial charge in [-0.2, -0.15) is 0 Å². The van der Waals surface area contributed by atoms with Crippen LogP contribution in [0.3, 0.4) is 0 Å². The number of amides is 1. The standard InChI is InChI=1S/C24H30N6O3/c1-3-4-11-26-22-7-8-23-27-15-20(30(23)28-22)17-5-6-19(21(14-17)33-16(2)31)24(32)29-12-9-18(25)10-13-29/h5-8,14-15,18H,3-4,9-13,25H2,1-2H3,(H,26,28). The largest absolute Gasteiger partial charge is 0.426 e. The SMILES string of the molecule is CCCCNc1ccc2ncc(-c3ccc(C(=O)N4CCC(N)CC4)c(OC(C)=O)c3)n2n1. The molecule has 1 aliphatic heterocycles. The number of piperidine rings is 1. The quantitative estimate of drug-likeness (QED) is 0.323. The molecule has 9 nitrogen and oxygen atoms in total. The molecule has 1 amide bonds. The van der Waals surface area contributed by atoms with Crippen LogP contribution in [0.1, 0.15) is 49.9 Å². The lowest BCUT2D eigenvalue weighted by Crippen LogP contribution is -2.43. The van der Waals surface area contributed by atoms with Crippen LogP contribution in [0.2, 0.25) is 0 Å². The highest BCUT2D eigenvalue weighted by molar-refractivity contribution is 5.98. The lowest BCUT2D eigenvalue weighted by atomic mass is 10.0. The minimum absolute atomic E-state index is 0.119. The van der Waals surface area contributed by atoms with Gasteiger partial charge in [0, 0.05) is 38.2 Å². The first-order valence-electron chi connectivity index (χ1n) is 11.4. The van der Waals surface area contributed by atoms with Crippen molar-refractivity contribution in [1.82, 2.24) is 19.5 Å². The number of hydrogen-bond acceptors (Lipinski definition) is 7. The fourth-order valence-corrected chi connectivity index (χ4v) is 3.93. The van der Waals surface area contributed by atoms with E-state index in [0.717, 1.165) is 49.3 Å². The van der Waals surface area contributed by atoms with Gasteiger partial charge in [-0.3, -0.25) is 9.59 Å². The maximum Gasteiger partial charge on any atom is 0.308 e. The second-order valence-corrected chi connectivity index (χ2v) is 8.35. The normalized spacial score (nSPS) is 14.5. The number of imidazole rings is 1. The Morgan fingerprint density at radius 1 is 1.21 bits per heavy atom. The van der Waals surface area contributed by atoms with Gasteiger partial charge in [0.1, 0.15) is 11.6 Å². The number of likely N-dealkylation sites (tertiary alicyclic amines) is 1. The molecule has 1 fully saturated rings. The van der Waals surface area contributed by atoms with E-state index >= 15 is 0 Å². The van der Waals surface area contributed by atoms with Gasteiger partial charge >= 0.3 is 5.97 Å². The summed E-state index contributed by atoms with van der Waals surface area (Å²) in [7, 11) is 0. The number of hydrogen-bond donors (Lipinski definition) is 2. The molecule has 174 valence electrons. The summed E-state index contributed by atoms with van der Waals surface area (Å²) in [5.74, 6) is 0.335. The Balaban J connectivity index is 1.67. The van der Waals surface area contributed by atoms with E-state index in [1.807, 2.05) is 18.2 Å². The molecule has 0 unspecified atom stereocenters. The van der Waals surface area contributed by atoms with E-state index in [1.165, 1.54) is 6.92 Å². The second-order valence-electron chi connectivity index (χ2n) is 8.35. The van der Waals surface area contributed by atoms with Crippen LogP contribution in [0.5, 0.6) is 5.75 Å². The fourth-order valence-electron chi connectivity index (χ4n) is 3.93. The predicted octanol–water partition coefficient (Wildman–Crippen LogP) is 3.10. The number of anilines is 1. The topological polar surface area (TPSA) is 115 Å². The van der Waals surface area contributed by atoms with Gasteiger partial charge in [-0.15, -0.1) is 5.10 Å². The van der Waals surface area contributed by atoms with Gasteiger partial charge < -0.3 is 20.7 Å². The molecule has 3 heterocycles. The molecule has 1 aliphatic rings. The number of nitrogens with two attached hydrogens (primary N) is 1. The van der Waals surface area contributed by atoms with E-state index in [4.69, 9.17) is 10.5 Å². The fraction of sp³-hybridized carbons (Fsp3) is 0.417. The van der Waals surface area contributed by atoms with E-state index in [2.05, 4.69) is 22.3 Å². The number of aromatic nitrogens is 3. The zero-order valence-electron chi connectivity index (χ0n) is 19.1. The molecule has 2 aromatic heterocycles. The number of nitrogens with zero attached hydrogens (tertiary/aromatic N) is 4. The molecule has 9 heteroatoms. The summed E-state index contributed by atoms with van der Waals surface area (Å²) in [5.41, 5.74) is 8.50. The number of rotatable bonds is 7. The molecular weight excluding hydrogens is 420 g/mol. The number of carbonyl (C=O) groups is 2. The van der Waals surface area contributed by atoms with E-state index in [-0.39, 0.29) is 17.7 Å². The summed E-state index contributed by atoms with van der Waals surface area (Å²) in [6, 6.07) is 9.15. The molecule has 0 spiro atoms. The third-order valence-electron chi connectivity index (χ3n) is 5.79. The van der Waals surface area contributed by atoms with Gasteiger partial charge in [-0.05, 0) is 43.5 Å². The number of unbranched alkanes of at least 4 members (excludes halogenated alkanes) is 1. The molecule has 0 saturated carbocycles. The molecule has 0 bridgehead atoms. The molecule has 3 aromatic rings. The van der Waals surface area contributed by atoms with Crippen LogP contribution >= 0.6 is 0 Å². The van der Waals surface area contributed by atoms with Crippen molar-refractivity contribution in [2.24, 2.45) is 5.73 Å². The van der Waals surface area contributed by atoms with Crippen molar-refractivity contribution >= 4 is 23.3 Å². The lowest BCUT2D eigenvalue weighted by molar-refractivity contribution is -0.131. The maximum absolute atomic E-state index is 13.1. The van der Waals surface area contributed by atoms with E-state index in [9.17, 15) is 9.59 Å². The Kier molecular flexibility index (Phi) is 6.88. The summed E-state index contributed by atoms with van der Waals surface area (Å²) in [4.78, 5) is 31.1. The van der Waals surface area contributed by atoms with Crippen LogP contribution in [0.15, 0.2) is 36.5 Å². The first kappa shape index (κ1) is 22.7. The van der Waals surface area contributed by atoms with Crippen LogP contribution in [0, 0.1) is 0 Å². The molecule has 3 N–H and O–H groups in total. The second kappa shape index (κ2) is 9.99. The lowest BCUT2D eigenvalue weighted by Gasteiger charge is -2.30. The van der Waals surface area contributed by atoms with Crippen LogP contribution < -0.4 is 15.8 Å². The monoisotopic (exact) mass is 450 g/mol. The van der Waals surface area contributed by atoms with Crippen molar-refractivity contribution in [3.05, 3.63) is 42.1 Å². The zero-order valence-corrected chi connectivity index (χ0v) is 19.1. The summed E-state index contributed by atoms with van der Waals surface area (Å²) < 4.78 is 7.19. The number of carbonyl (C=O) groups excluding carboxylic acids is 2. The van der Waals surface area contributed by atoms with Gasteiger partial charge in [0.05, 0.1) is 17.5 Å². The Bertz CT molecular complexity index is 1150. The number of benzene rings is 1. The van der Waals surface area contributed by atoms with Crippen LogP contribution in [-0.4, -0.2) is 57.1 Å². The number of esters is 1. The van der Waals surface area contributed by atoms with Crippen molar-refractivity contribution in [3.63, 3.8) is 0 Å². The molecule has 1 aromatic carbocycles. The molecule has 0 aliphatic carbocycles. The van der Waals surface area contributed by atoms with Crippen molar-refractivity contribution in [3.8, 4) is 17.0 Å². The minimum Gasteiger partial charge on any atom is -0.426 e. The van der Waals surface area contributed by atoms with Gasteiger partial charge in [-0.25, -0.2) is 9.50 Å². The van der Waals surface area contributed by atoms with E-state index in [0.29, 0.717) is 24.3 Å². The zero-order chi connectivity index (χ0) is 23.4. The third-order valence-corrected chi connectivity index (χ3v) is 5.79. The maximum atomic E-state index is 13.1. The Labute approximate surface area is 192 Å². The van der Waals surface area contributed by atoms with Gasteiger partial charge in [0.25, 0.3) is 5.91 Å². The molecule has 4 rings (SSSR count). The van der Waals surface area contributed by atoms with Crippen molar-refractivity contribution in [2.75, 3.05) is 25.0 Å². The summed E-state index contributed by atoms with van der Waals surface area (Å²) in [5, 5.41) is 7.98. The number of fused-ring (bicyclic) bond motifs is 1. The molecule has 1 saturated heterocycles. The summed E-state index contributed by atoms with van der Waals surface area (Å²) in [6.07, 6.45) is 5.39. The average molecular weight is 451 g/mol. The highest BCUT2D eigenvalue weighted by Crippen LogP contribution is 2.30. The summed E-state index contributed by atoms with van der Waals surface area (Å²) in [6.45, 7) is 5.48. The van der Waals surface area contributed by atoms with Gasteiger partial charge in [0.2, 0.25) is 0 Å². The summed E-state index contributed by atoms with van der Waals surface area (Å²) >= 11 is 0. The first-order chi connectivity index (χ1) is 16.0. The highest BCUT2D eigenvalue weighted by atomic mass is 16.5. The first-order valence-corrected chi connectivity index (χ1v) is 11.4.